The molecule has 2 heterocycles. The van der Waals surface area contributed by atoms with Crippen LogP contribution in [0.2, 0.25) is 0 Å². The van der Waals surface area contributed by atoms with Gasteiger partial charge < -0.3 is 14.2 Å². The topological polar surface area (TPSA) is 61.8 Å². The predicted octanol–water partition coefficient (Wildman–Crippen LogP) is 6.51. The molecule has 2 bridgehead atoms. The molecule has 31 heavy (non-hydrogen) atoms. The number of esters is 2. The maximum absolute atomic E-state index is 12.8. The first-order valence-electron chi connectivity index (χ1n) is 13.2. The number of carbonyl (C=O) groups excluding carboxylic acids is 2. The maximum Gasteiger partial charge on any atom is 0.339 e. The van der Waals surface area contributed by atoms with E-state index in [-0.39, 0.29) is 18.0 Å². The Kier molecular flexibility index (Phi) is 12.5. The summed E-state index contributed by atoms with van der Waals surface area (Å²) in [7, 11) is 0. The first-order chi connectivity index (χ1) is 15.2. The first kappa shape index (κ1) is 26.2. The lowest BCUT2D eigenvalue weighted by Gasteiger charge is -2.54. The summed E-state index contributed by atoms with van der Waals surface area (Å²) in [6, 6.07) is 0. The van der Waals surface area contributed by atoms with Gasteiger partial charge in [0.05, 0.1) is 19.3 Å². The Hall–Kier alpha value is -1.10. The molecule has 1 aliphatic carbocycles. The molecular weight excluding hydrogens is 392 g/mol. The summed E-state index contributed by atoms with van der Waals surface area (Å²) < 4.78 is 17.0. The molecule has 2 saturated heterocycles. The van der Waals surface area contributed by atoms with Gasteiger partial charge in [0.2, 0.25) is 0 Å². The summed E-state index contributed by atoms with van der Waals surface area (Å²) in [4.78, 5) is 25.5. The molecule has 3 rings (SSSR count). The molecule has 5 nitrogen and oxygen atoms in total. The van der Waals surface area contributed by atoms with Crippen LogP contribution in [0.5, 0.6) is 0 Å². The Morgan fingerprint density at radius 1 is 0.774 bits per heavy atom. The minimum absolute atomic E-state index is 0.179. The Labute approximate surface area is 190 Å². The number of ether oxygens (including phenoxy) is 3. The fourth-order valence-electron chi connectivity index (χ4n) is 4.93. The van der Waals surface area contributed by atoms with Gasteiger partial charge in [-0.25, -0.2) is 4.79 Å². The largest absolute Gasteiger partial charge is 0.465 e. The van der Waals surface area contributed by atoms with Gasteiger partial charge in [0, 0.05) is 0 Å². The van der Waals surface area contributed by atoms with Crippen LogP contribution in [0.3, 0.4) is 0 Å². The van der Waals surface area contributed by atoms with Crippen molar-refractivity contribution in [2.45, 2.75) is 135 Å². The zero-order valence-electron chi connectivity index (χ0n) is 20.1. The molecule has 180 valence electrons. The summed E-state index contributed by atoms with van der Waals surface area (Å²) in [5.41, 5.74) is -1.08. The molecule has 3 fully saturated rings. The highest BCUT2D eigenvalue weighted by atomic mass is 16.6. The van der Waals surface area contributed by atoms with Crippen molar-refractivity contribution >= 4 is 11.9 Å². The van der Waals surface area contributed by atoms with Crippen LogP contribution in [0.25, 0.3) is 0 Å². The number of carbonyl (C=O) groups is 2. The van der Waals surface area contributed by atoms with E-state index in [0.717, 1.165) is 38.5 Å². The minimum atomic E-state index is -1.08. The number of hydrogen-bond donors (Lipinski definition) is 0. The van der Waals surface area contributed by atoms with E-state index < -0.39 is 11.5 Å². The fraction of sp³-hybridized carbons (Fsp3) is 0.923. The molecule has 1 saturated carbocycles. The average molecular weight is 439 g/mol. The van der Waals surface area contributed by atoms with Crippen LogP contribution in [-0.4, -0.2) is 36.9 Å². The van der Waals surface area contributed by atoms with Gasteiger partial charge in [0.1, 0.15) is 5.92 Å². The highest BCUT2D eigenvalue weighted by Crippen LogP contribution is 2.50. The standard InChI is InChI=1S/C26H46O5/c1-3-5-7-9-11-13-15-20-29-24(27)23-22-18-17-19-26(23,31-22)25(28)30-21-16-14-12-10-8-6-4-2/h22-23H,3-21H2,1-2H3. The second kappa shape index (κ2) is 14.9. The van der Waals surface area contributed by atoms with E-state index in [1.54, 1.807) is 0 Å². The van der Waals surface area contributed by atoms with Crippen molar-refractivity contribution in [1.29, 1.82) is 0 Å². The van der Waals surface area contributed by atoms with E-state index in [2.05, 4.69) is 13.8 Å². The van der Waals surface area contributed by atoms with E-state index in [4.69, 9.17) is 14.2 Å². The molecule has 0 aromatic carbocycles. The Balaban J connectivity index is 1.64. The quantitative estimate of drug-likeness (QED) is 0.180. The normalized spacial score (nSPS) is 24.5. The monoisotopic (exact) mass is 438 g/mol. The molecule has 3 unspecified atom stereocenters. The van der Waals surface area contributed by atoms with Crippen LogP contribution >= 0.6 is 0 Å². The maximum atomic E-state index is 12.8. The van der Waals surface area contributed by atoms with Crippen LogP contribution in [-0.2, 0) is 23.8 Å². The predicted molar refractivity (Wildman–Crippen MR) is 123 cm³/mol. The lowest BCUT2D eigenvalue weighted by atomic mass is 9.67. The van der Waals surface area contributed by atoms with Gasteiger partial charge in [-0.2, -0.15) is 0 Å². The lowest BCUT2D eigenvalue weighted by molar-refractivity contribution is -0.284. The van der Waals surface area contributed by atoms with Crippen LogP contribution in [0.4, 0.5) is 0 Å². The third-order valence-corrected chi connectivity index (χ3v) is 6.85. The number of rotatable bonds is 18. The summed E-state index contributed by atoms with van der Waals surface area (Å²) in [6.07, 6.45) is 18.6. The van der Waals surface area contributed by atoms with Crippen molar-refractivity contribution in [3.63, 3.8) is 0 Å². The summed E-state index contributed by atoms with van der Waals surface area (Å²) in [5, 5.41) is 0. The zero-order chi connectivity index (χ0) is 22.4. The molecule has 3 atom stereocenters. The van der Waals surface area contributed by atoms with E-state index >= 15 is 0 Å². The molecule has 0 aromatic heterocycles. The van der Waals surface area contributed by atoms with E-state index in [1.165, 1.54) is 64.2 Å². The number of hydrogen-bond acceptors (Lipinski definition) is 5. The summed E-state index contributed by atoms with van der Waals surface area (Å²) in [6.45, 7) is 5.30. The lowest BCUT2D eigenvalue weighted by Crippen LogP contribution is -2.70. The molecule has 0 amide bonds. The van der Waals surface area contributed by atoms with E-state index in [9.17, 15) is 9.59 Å². The van der Waals surface area contributed by atoms with Gasteiger partial charge >= 0.3 is 11.9 Å². The van der Waals surface area contributed by atoms with Crippen LogP contribution in [0.15, 0.2) is 0 Å². The highest BCUT2D eigenvalue weighted by Gasteiger charge is 2.67. The minimum Gasteiger partial charge on any atom is -0.465 e. The van der Waals surface area contributed by atoms with Crippen molar-refractivity contribution in [2.24, 2.45) is 5.92 Å². The Bertz CT molecular complexity index is 516. The van der Waals surface area contributed by atoms with Gasteiger partial charge in [-0.3, -0.25) is 4.79 Å². The second-order valence-electron chi connectivity index (χ2n) is 9.46. The first-order valence-corrected chi connectivity index (χ1v) is 13.2. The molecular formula is C26H46O5. The van der Waals surface area contributed by atoms with Crippen LogP contribution in [0.1, 0.15) is 123 Å². The number of unbranched alkanes of at least 4 members (excludes halogenated alkanes) is 12. The van der Waals surface area contributed by atoms with Crippen LogP contribution in [0, 0.1) is 5.92 Å². The van der Waals surface area contributed by atoms with Gasteiger partial charge in [0.25, 0.3) is 0 Å². The molecule has 0 spiro atoms. The molecule has 0 radical (unpaired) electrons. The third kappa shape index (κ3) is 8.07. The molecule has 3 aliphatic rings. The molecule has 0 N–H and O–H groups in total. The Morgan fingerprint density at radius 2 is 1.29 bits per heavy atom. The third-order valence-electron chi connectivity index (χ3n) is 6.85. The molecule has 5 heteroatoms. The van der Waals surface area contributed by atoms with Crippen LogP contribution < -0.4 is 0 Å². The highest BCUT2D eigenvalue weighted by molar-refractivity contribution is 5.90. The fourth-order valence-corrected chi connectivity index (χ4v) is 4.93. The second-order valence-corrected chi connectivity index (χ2v) is 9.46. The van der Waals surface area contributed by atoms with E-state index in [1.807, 2.05) is 0 Å². The Morgan fingerprint density at radius 3 is 1.84 bits per heavy atom. The zero-order valence-corrected chi connectivity index (χ0v) is 20.1. The van der Waals surface area contributed by atoms with Gasteiger partial charge in [0.15, 0.2) is 5.60 Å². The molecule has 2 aliphatic heterocycles. The summed E-state index contributed by atoms with van der Waals surface area (Å²) in [5.74, 6) is -1.10. The van der Waals surface area contributed by atoms with Crippen molar-refractivity contribution < 1.29 is 23.8 Å². The van der Waals surface area contributed by atoms with Crippen molar-refractivity contribution in [3.05, 3.63) is 0 Å². The van der Waals surface area contributed by atoms with Crippen molar-refractivity contribution in [2.75, 3.05) is 13.2 Å². The smallest absolute Gasteiger partial charge is 0.339 e. The number of fused-ring (bicyclic) bond motifs is 2. The van der Waals surface area contributed by atoms with Gasteiger partial charge in [-0.15, -0.1) is 0 Å². The van der Waals surface area contributed by atoms with Gasteiger partial charge in [-0.05, 0) is 32.1 Å². The summed E-state index contributed by atoms with van der Waals surface area (Å²) >= 11 is 0. The van der Waals surface area contributed by atoms with E-state index in [0.29, 0.717) is 19.6 Å². The molecule has 0 aromatic rings. The van der Waals surface area contributed by atoms with Crippen molar-refractivity contribution in [1.82, 2.24) is 0 Å². The van der Waals surface area contributed by atoms with Gasteiger partial charge in [-0.1, -0.05) is 90.9 Å². The average Bonchev–Trinajstić information content (AvgIpc) is 2.77. The van der Waals surface area contributed by atoms with Crippen molar-refractivity contribution in [3.8, 4) is 0 Å². The SMILES string of the molecule is CCCCCCCCCOC(=O)C1C2CCCC1(C(=O)OCCCCCCCCC)O2.